The van der Waals surface area contributed by atoms with E-state index in [4.69, 9.17) is 0 Å². The number of hydrogen-bond donors (Lipinski definition) is 0. The van der Waals surface area contributed by atoms with E-state index in [1.54, 1.807) is 13.1 Å². The van der Waals surface area contributed by atoms with E-state index in [1.165, 1.54) is 6.42 Å². The van der Waals surface area contributed by atoms with Crippen LogP contribution in [0.3, 0.4) is 0 Å². The number of rotatable bonds is 9. The summed E-state index contributed by atoms with van der Waals surface area (Å²) in [6.07, 6.45) is 8.62. The van der Waals surface area contributed by atoms with Gasteiger partial charge in [0.05, 0.1) is 11.1 Å². The topological polar surface area (TPSA) is 47.0 Å². The lowest BCUT2D eigenvalue weighted by molar-refractivity contribution is -0.121. The highest BCUT2D eigenvalue weighted by Crippen LogP contribution is 2.31. The van der Waals surface area contributed by atoms with Gasteiger partial charge >= 0.3 is 0 Å². The molecule has 0 amide bonds. The van der Waals surface area contributed by atoms with Gasteiger partial charge in [-0.3, -0.25) is 4.98 Å². The standard InChI is InChI=1S/C16H23NO2/c1-3-4-5-6-9-14(12-18)16(2,13-19)15-10-7-8-11-17-15/h7-8,10-14H,3-6,9H2,1-2H3. The van der Waals surface area contributed by atoms with Crippen molar-refractivity contribution < 1.29 is 9.59 Å². The maximum atomic E-state index is 11.5. The van der Waals surface area contributed by atoms with Crippen molar-refractivity contribution in [1.29, 1.82) is 0 Å². The van der Waals surface area contributed by atoms with Crippen molar-refractivity contribution in [2.45, 2.75) is 51.4 Å². The Morgan fingerprint density at radius 3 is 2.58 bits per heavy atom. The van der Waals surface area contributed by atoms with Crippen LogP contribution in [0.5, 0.6) is 0 Å². The Morgan fingerprint density at radius 1 is 1.26 bits per heavy atom. The van der Waals surface area contributed by atoms with Crippen molar-refractivity contribution >= 4 is 12.6 Å². The highest BCUT2D eigenvalue weighted by molar-refractivity contribution is 5.74. The molecule has 0 saturated carbocycles. The van der Waals surface area contributed by atoms with E-state index in [2.05, 4.69) is 11.9 Å². The summed E-state index contributed by atoms with van der Waals surface area (Å²) in [4.78, 5) is 27.1. The highest BCUT2D eigenvalue weighted by Gasteiger charge is 2.36. The van der Waals surface area contributed by atoms with Gasteiger partial charge in [-0.1, -0.05) is 38.7 Å². The van der Waals surface area contributed by atoms with Crippen LogP contribution >= 0.6 is 0 Å². The second kappa shape index (κ2) is 7.82. The molecule has 0 aliphatic rings. The van der Waals surface area contributed by atoms with E-state index in [9.17, 15) is 9.59 Å². The largest absolute Gasteiger partial charge is 0.303 e. The molecule has 3 heteroatoms. The lowest BCUT2D eigenvalue weighted by atomic mass is 9.73. The minimum absolute atomic E-state index is 0.295. The average Bonchev–Trinajstić information content (AvgIpc) is 2.47. The minimum atomic E-state index is -0.810. The molecule has 0 aromatic carbocycles. The Morgan fingerprint density at radius 2 is 2.05 bits per heavy atom. The molecule has 0 radical (unpaired) electrons. The van der Waals surface area contributed by atoms with Crippen LogP contribution < -0.4 is 0 Å². The molecule has 0 aliphatic carbocycles. The van der Waals surface area contributed by atoms with Gasteiger partial charge < -0.3 is 9.59 Å². The fourth-order valence-electron chi connectivity index (χ4n) is 2.32. The summed E-state index contributed by atoms with van der Waals surface area (Å²) in [5, 5.41) is 0. The summed E-state index contributed by atoms with van der Waals surface area (Å²) >= 11 is 0. The summed E-state index contributed by atoms with van der Waals surface area (Å²) < 4.78 is 0. The normalized spacial score (nSPS) is 15.5. The number of hydrogen-bond acceptors (Lipinski definition) is 3. The van der Waals surface area contributed by atoms with Crippen molar-refractivity contribution in [3.05, 3.63) is 30.1 Å². The fraction of sp³-hybridized carbons (Fsp3) is 0.562. The van der Waals surface area contributed by atoms with Crippen LogP contribution in [0.15, 0.2) is 24.4 Å². The number of unbranched alkanes of at least 4 members (excludes halogenated alkanes) is 3. The second-order valence-corrected chi connectivity index (χ2v) is 5.21. The van der Waals surface area contributed by atoms with E-state index in [-0.39, 0.29) is 5.92 Å². The molecule has 0 fully saturated rings. The number of carbonyl (C=O) groups is 2. The third kappa shape index (κ3) is 3.98. The molecule has 0 aliphatic heterocycles. The maximum Gasteiger partial charge on any atom is 0.132 e. The number of carbonyl (C=O) groups excluding carboxylic acids is 2. The van der Waals surface area contributed by atoms with Gasteiger partial charge in [-0.25, -0.2) is 0 Å². The molecule has 2 unspecified atom stereocenters. The molecular weight excluding hydrogens is 238 g/mol. The lowest BCUT2D eigenvalue weighted by Crippen LogP contribution is -2.35. The third-order valence-electron chi connectivity index (χ3n) is 3.76. The molecule has 2 atom stereocenters. The zero-order valence-electron chi connectivity index (χ0n) is 11.8. The van der Waals surface area contributed by atoms with E-state index in [1.807, 2.05) is 18.2 Å². The van der Waals surface area contributed by atoms with Crippen LogP contribution in [0.4, 0.5) is 0 Å². The summed E-state index contributed by atoms with van der Waals surface area (Å²) in [6.45, 7) is 3.96. The molecule has 104 valence electrons. The first-order chi connectivity index (χ1) is 9.19. The van der Waals surface area contributed by atoms with E-state index in [0.29, 0.717) is 5.69 Å². The van der Waals surface area contributed by atoms with E-state index < -0.39 is 5.41 Å². The van der Waals surface area contributed by atoms with Crippen molar-refractivity contribution in [2.24, 2.45) is 5.92 Å². The van der Waals surface area contributed by atoms with Crippen molar-refractivity contribution in [1.82, 2.24) is 4.98 Å². The Labute approximate surface area is 115 Å². The van der Waals surface area contributed by atoms with Crippen LogP contribution in [0.1, 0.15) is 51.6 Å². The predicted octanol–water partition coefficient (Wildman–Crippen LogP) is 3.32. The smallest absolute Gasteiger partial charge is 0.132 e. The number of nitrogens with zero attached hydrogens (tertiary/aromatic N) is 1. The van der Waals surface area contributed by atoms with Crippen LogP contribution in [-0.2, 0) is 15.0 Å². The Balaban J connectivity index is 2.80. The summed E-state index contributed by atoms with van der Waals surface area (Å²) in [6, 6.07) is 5.48. The molecule has 0 saturated heterocycles. The first kappa shape index (κ1) is 15.5. The van der Waals surface area contributed by atoms with Gasteiger partial charge in [0.15, 0.2) is 0 Å². The highest BCUT2D eigenvalue weighted by atomic mass is 16.1. The zero-order chi connectivity index (χ0) is 14.1. The van der Waals surface area contributed by atoms with Crippen molar-refractivity contribution in [3.8, 4) is 0 Å². The number of aromatic nitrogens is 1. The Kier molecular flexibility index (Phi) is 6.40. The van der Waals surface area contributed by atoms with Crippen LogP contribution in [0.25, 0.3) is 0 Å². The molecule has 0 N–H and O–H groups in total. The molecular formula is C16H23NO2. The van der Waals surface area contributed by atoms with Gasteiger partial charge in [0.25, 0.3) is 0 Å². The van der Waals surface area contributed by atoms with Gasteiger partial charge in [-0.05, 0) is 25.5 Å². The first-order valence-electron chi connectivity index (χ1n) is 7.02. The maximum absolute atomic E-state index is 11.5. The van der Waals surface area contributed by atoms with Crippen LogP contribution in [0.2, 0.25) is 0 Å². The Hall–Kier alpha value is -1.51. The molecule has 3 nitrogen and oxygen atoms in total. The zero-order valence-corrected chi connectivity index (χ0v) is 11.8. The van der Waals surface area contributed by atoms with Gasteiger partial charge in [0, 0.05) is 12.1 Å². The fourth-order valence-corrected chi connectivity index (χ4v) is 2.32. The third-order valence-corrected chi connectivity index (χ3v) is 3.76. The second-order valence-electron chi connectivity index (χ2n) is 5.21. The van der Waals surface area contributed by atoms with Gasteiger partial charge in [0.1, 0.15) is 12.6 Å². The quantitative estimate of drug-likeness (QED) is 0.506. The molecule has 19 heavy (non-hydrogen) atoms. The van der Waals surface area contributed by atoms with Crippen molar-refractivity contribution in [3.63, 3.8) is 0 Å². The lowest BCUT2D eigenvalue weighted by Gasteiger charge is -2.28. The van der Waals surface area contributed by atoms with Crippen LogP contribution in [0, 0.1) is 5.92 Å². The summed E-state index contributed by atoms with van der Waals surface area (Å²) in [5.74, 6) is -0.295. The van der Waals surface area contributed by atoms with Gasteiger partial charge in [-0.2, -0.15) is 0 Å². The molecule has 0 spiro atoms. The molecule has 0 bridgehead atoms. The molecule has 1 aromatic rings. The van der Waals surface area contributed by atoms with Crippen molar-refractivity contribution in [2.75, 3.05) is 0 Å². The van der Waals surface area contributed by atoms with Gasteiger partial charge in [0.2, 0.25) is 0 Å². The minimum Gasteiger partial charge on any atom is -0.303 e. The summed E-state index contributed by atoms with van der Waals surface area (Å²) in [7, 11) is 0. The van der Waals surface area contributed by atoms with Gasteiger partial charge in [-0.15, -0.1) is 0 Å². The van der Waals surface area contributed by atoms with E-state index in [0.717, 1.165) is 38.3 Å². The monoisotopic (exact) mass is 261 g/mol. The molecule has 1 rings (SSSR count). The molecule has 1 heterocycles. The average molecular weight is 261 g/mol. The van der Waals surface area contributed by atoms with E-state index >= 15 is 0 Å². The first-order valence-corrected chi connectivity index (χ1v) is 7.02. The predicted molar refractivity (Wildman–Crippen MR) is 76.0 cm³/mol. The molecule has 1 aromatic heterocycles. The van der Waals surface area contributed by atoms with Crippen LogP contribution in [-0.4, -0.2) is 17.6 Å². The number of aldehydes is 2. The summed E-state index contributed by atoms with van der Waals surface area (Å²) in [5.41, 5.74) is -0.132. The SMILES string of the molecule is CCCCCCC(C=O)C(C)(C=O)c1ccccn1. The number of pyridine rings is 1. The Bertz CT molecular complexity index is 391.